The van der Waals surface area contributed by atoms with Crippen LogP contribution in [-0.4, -0.2) is 87.5 Å². The number of anilines is 1. The highest BCUT2D eigenvalue weighted by molar-refractivity contribution is 6.24. The Balaban J connectivity index is 1.79. The number of methoxy groups -OCH3 is 1. The number of hydrogen-bond donors (Lipinski definition) is 6. The van der Waals surface area contributed by atoms with Crippen molar-refractivity contribution in [1.82, 2.24) is 4.90 Å². The highest BCUT2D eigenvalue weighted by Gasteiger charge is 2.64. The molecule has 0 aromatic heterocycles. The third kappa shape index (κ3) is 4.23. The topological polar surface area (TPSA) is 217 Å². The molecule has 0 aliphatic heterocycles. The van der Waals surface area contributed by atoms with E-state index in [0.29, 0.717) is 5.56 Å². The molecule has 1 saturated carbocycles. The summed E-state index contributed by atoms with van der Waals surface area (Å²) in [5, 5.41) is 47.0. The Bertz CT molecular complexity index is 1380. The number of likely N-dealkylation sites (N-methyl/N-ethyl adjacent to an activating group) is 1. The van der Waals surface area contributed by atoms with Gasteiger partial charge in [0.15, 0.2) is 11.4 Å². The SMILES string of the molecule is COC(=O)CCC(=O)Nc1ccc2c(c1O)C(O)=C1C(=O)[C@]3(O)C(O)=C(C(N)=O)C(=O)[C@@H](N(C)C)[C@@H]3C[C@@H]1C2. The standard InChI is InChI=1S/C26H29N3O10/c1-29(2)19-12-9-11-8-10-4-5-13(28-14(30)6-7-15(31)39-3)20(32)16(10)21(33)17(11)23(35)26(12,38)24(36)18(22(19)34)25(27)37/h4-5,11-12,19,32-33,36,38H,6-9H2,1-3H3,(H2,27,37)(H,28,30)/t11-,12-,19-,26-/m0/s1. The van der Waals surface area contributed by atoms with E-state index < -0.39 is 75.7 Å². The van der Waals surface area contributed by atoms with Gasteiger partial charge in [-0.15, -0.1) is 0 Å². The van der Waals surface area contributed by atoms with Gasteiger partial charge in [-0.2, -0.15) is 0 Å². The van der Waals surface area contributed by atoms with E-state index in [-0.39, 0.29) is 42.5 Å². The van der Waals surface area contributed by atoms with Gasteiger partial charge in [0.05, 0.1) is 30.8 Å². The summed E-state index contributed by atoms with van der Waals surface area (Å²) in [6, 6.07) is 1.78. The summed E-state index contributed by atoms with van der Waals surface area (Å²) in [6.45, 7) is 0. The van der Waals surface area contributed by atoms with Gasteiger partial charge < -0.3 is 36.2 Å². The van der Waals surface area contributed by atoms with Crippen molar-refractivity contribution in [2.24, 2.45) is 17.6 Å². The van der Waals surface area contributed by atoms with Crippen LogP contribution in [0.15, 0.2) is 29.0 Å². The second-order valence-corrected chi connectivity index (χ2v) is 10.1. The summed E-state index contributed by atoms with van der Waals surface area (Å²) >= 11 is 0. The smallest absolute Gasteiger partial charge is 0.306 e. The van der Waals surface area contributed by atoms with Crippen molar-refractivity contribution in [3.05, 3.63) is 40.2 Å². The van der Waals surface area contributed by atoms with Crippen LogP contribution in [0.2, 0.25) is 0 Å². The molecule has 3 aliphatic rings. The average Bonchev–Trinajstić information content (AvgIpc) is 2.86. The number of nitrogens with two attached hydrogens (primary N) is 1. The molecule has 4 rings (SSSR count). The molecular weight excluding hydrogens is 514 g/mol. The number of ether oxygens (including phenoxy) is 1. The fraction of sp³-hybridized carbons (Fsp3) is 0.423. The lowest BCUT2D eigenvalue weighted by molar-refractivity contribution is -0.153. The minimum atomic E-state index is -2.74. The number of hydrogen-bond acceptors (Lipinski definition) is 11. The number of Topliss-reactive ketones (excluding diaryl/α,β-unsaturated/α-hetero) is 2. The molecule has 0 unspecified atom stereocenters. The first kappa shape index (κ1) is 27.8. The van der Waals surface area contributed by atoms with Crippen molar-refractivity contribution < 1.29 is 49.1 Å². The number of nitrogens with zero attached hydrogens (tertiary/aromatic N) is 1. The Morgan fingerprint density at radius 2 is 1.82 bits per heavy atom. The van der Waals surface area contributed by atoms with E-state index >= 15 is 0 Å². The van der Waals surface area contributed by atoms with Crippen LogP contribution in [0, 0.1) is 11.8 Å². The molecule has 13 nitrogen and oxygen atoms in total. The van der Waals surface area contributed by atoms with E-state index in [9.17, 15) is 44.4 Å². The Labute approximate surface area is 222 Å². The maximum Gasteiger partial charge on any atom is 0.306 e. The molecule has 3 aliphatic carbocycles. The molecule has 208 valence electrons. The molecule has 4 atom stereocenters. The molecule has 0 spiro atoms. The molecule has 2 amide bonds. The number of benzene rings is 1. The lowest BCUT2D eigenvalue weighted by Crippen LogP contribution is -2.65. The normalized spacial score (nSPS) is 26.1. The summed E-state index contributed by atoms with van der Waals surface area (Å²) in [6.07, 6.45) is -0.331. The van der Waals surface area contributed by atoms with Crippen LogP contribution in [0.1, 0.15) is 30.4 Å². The van der Waals surface area contributed by atoms with Gasteiger partial charge in [0.2, 0.25) is 11.7 Å². The molecule has 39 heavy (non-hydrogen) atoms. The molecule has 1 fully saturated rings. The summed E-state index contributed by atoms with van der Waals surface area (Å²) in [4.78, 5) is 63.9. The van der Waals surface area contributed by atoms with Gasteiger partial charge in [-0.25, -0.2) is 0 Å². The number of carbonyl (C=O) groups excluding carboxylic acids is 5. The Morgan fingerprint density at radius 3 is 2.41 bits per heavy atom. The molecular formula is C26H29N3O10. The minimum Gasteiger partial charge on any atom is -0.508 e. The molecule has 13 heteroatoms. The quantitative estimate of drug-likeness (QED) is 0.158. The van der Waals surface area contributed by atoms with Crippen molar-refractivity contribution in [2.75, 3.05) is 26.5 Å². The highest BCUT2D eigenvalue weighted by atomic mass is 16.5. The van der Waals surface area contributed by atoms with E-state index in [1.807, 2.05) is 0 Å². The monoisotopic (exact) mass is 543 g/mol. The summed E-state index contributed by atoms with van der Waals surface area (Å²) < 4.78 is 4.49. The average molecular weight is 544 g/mol. The first-order valence-corrected chi connectivity index (χ1v) is 12.1. The number of carbonyl (C=O) groups is 5. The third-order valence-corrected chi connectivity index (χ3v) is 7.65. The maximum absolute atomic E-state index is 13.8. The lowest BCUT2D eigenvalue weighted by Gasteiger charge is -2.50. The minimum absolute atomic E-state index is 0.0292. The first-order valence-electron chi connectivity index (χ1n) is 12.1. The molecule has 0 heterocycles. The van der Waals surface area contributed by atoms with Crippen molar-refractivity contribution >= 4 is 40.8 Å². The second-order valence-electron chi connectivity index (χ2n) is 10.1. The van der Waals surface area contributed by atoms with E-state index in [4.69, 9.17) is 5.73 Å². The molecule has 7 N–H and O–H groups in total. The second kappa shape index (κ2) is 9.82. The van der Waals surface area contributed by atoms with Crippen LogP contribution in [0.5, 0.6) is 5.75 Å². The number of phenols is 1. The maximum atomic E-state index is 13.8. The van der Waals surface area contributed by atoms with E-state index in [1.165, 1.54) is 32.2 Å². The number of nitrogens with one attached hydrogen (secondary N) is 1. The molecule has 1 aromatic carbocycles. The van der Waals surface area contributed by atoms with Crippen LogP contribution in [0.3, 0.4) is 0 Å². The number of phenolic OH excluding ortho intramolecular Hbond substituents is 1. The summed E-state index contributed by atoms with van der Waals surface area (Å²) in [5.74, 6) is -8.75. The fourth-order valence-corrected chi connectivity index (χ4v) is 5.85. The number of primary amides is 1. The van der Waals surface area contributed by atoms with Crippen molar-refractivity contribution in [2.45, 2.75) is 37.3 Å². The number of esters is 1. The highest BCUT2D eigenvalue weighted by Crippen LogP contribution is 2.53. The van der Waals surface area contributed by atoms with Gasteiger partial charge in [-0.05, 0) is 44.5 Å². The van der Waals surface area contributed by atoms with Gasteiger partial charge in [0.1, 0.15) is 22.8 Å². The number of aliphatic hydroxyl groups excluding tert-OH is 2. The Hall–Kier alpha value is -4.23. The van der Waals surface area contributed by atoms with Gasteiger partial charge in [-0.1, -0.05) is 6.07 Å². The summed E-state index contributed by atoms with van der Waals surface area (Å²) in [5.41, 5.74) is 1.57. The fourth-order valence-electron chi connectivity index (χ4n) is 5.85. The number of aliphatic hydroxyl groups is 3. The Kier molecular flexibility index (Phi) is 7.00. The van der Waals surface area contributed by atoms with Gasteiger partial charge in [-0.3, -0.25) is 28.9 Å². The summed E-state index contributed by atoms with van der Waals surface area (Å²) in [7, 11) is 4.22. The first-order chi connectivity index (χ1) is 18.2. The largest absolute Gasteiger partial charge is 0.508 e. The van der Waals surface area contributed by atoms with Crippen molar-refractivity contribution in [3.63, 3.8) is 0 Å². The molecule has 0 bridgehead atoms. The number of amides is 2. The number of fused-ring (bicyclic) bond motifs is 3. The van der Waals surface area contributed by atoms with Crippen LogP contribution in [-0.2, 0) is 35.1 Å². The van der Waals surface area contributed by atoms with Crippen LogP contribution < -0.4 is 11.1 Å². The predicted molar refractivity (Wildman–Crippen MR) is 134 cm³/mol. The molecule has 1 aromatic rings. The van der Waals surface area contributed by atoms with E-state index in [1.54, 1.807) is 6.07 Å². The number of ketones is 2. The zero-order valence-corrected chi connectivity index (χ0v) is 21.5. The number of rotatable bonds is 6. The van der Waals surface area contributed by atoms with Crippen LogP contribution in [0.25, 0.3) is 5.76 Å². The van der Waals surface area contributed by atoms with E-state index in [0.717, 1.165) is 0 Å². The van der Waals surface area contributed by atoms with Crippen molar-refractivity contribution in [3.8, 4) is 5.75 Å². The lowest BCUT2D eigenvalue weighted by atomic mass is 9.57. The number of aromatic hydroxyl groups is 1. The zero-order valence-electron chi connectivity index (χ0n) is 21.5. The zero-order chi connectivity index (χ0) is 29.0. The van der Waals surface area contributed by atoms with Gasteiger partial charge in [0.25, 0.3) is 5.91 Å². The van der Waals surface area contributed by atoms with Crippen molar-refractivity contribution in [1.29, 1.82) is 0 Å². The third-order valence-electron chi connectivity index (χ3n) is 7.65. The Morgan fingerprint density at radius 1 is 1.15 bits per heavy atom. The van der Waals surface area contributed by atoms with Gasteiger partial charge in [0, 0.05) is 17.9 Å². The molecule has 0 saturated heterocycles. The predicted octanol–water partition coefficient (Wildman–Crippen LogP) is -0.144. The van der Waals surface area contributed by atoms with Crippen LogP contribution >= 0.6 is 0 Å². The molecule has 0 radical (unpaired) electrons. The van der Waals surface area contributed by atoms with Crippen LogP contribution in [0.4, 0.5) is 5.69 Å². The van der Waals surface area contributed by atoms with Gasteiger partial charge >= 0.3 is 5.97 Å². The van der Waals surface area contributed by atoms with E-state index in [2.05, 4.69) is 10.1 Å².